The Hall–Kier alpha value is -4.37. The average Bonchev–Trinajstić information content (AvgIpc) is 3.54. The first kappa shape index (κ1) is 26.8. The van der Waals surface area contributed by atoms with Crippen LogP contribution in [0.1, 0.15) is 32.0 Å². The summed E-state index contributed by atoms with van der Waals surface area (Å²) < 4.78 is 10.5. The third-order valence-corrected chi connectivity index (χ3v) is 7.89. The fourth-order valence-electron chi connectivity index (χ4n) is 5.28. The lowest BCUT2D eigenvalue weighted by atomic mass is 10.1. The smallest absolute Gasteiger partial charge is 0.340 e. The first-order chi connectivity index (χ1) is 19.9. The van der Waals surface area contributed by atoms with Crippen LogP contribution in [0.25, 0.3) is 10.9 Å². The molecule has 208 valence electrons. The number of ether oxygens (including phenoxy) is 1. The maximum absolute atomic E-state index is 13.4. The van der Waals surface area contributed by atoms with Crippen LogP contribution < -0.4 is 10.2 Å². The maximum Gasteiger partial charge on any atom is 0.340 e. The van der Waals surface area contributed by atoms with Gasteiger partial charge in [0.2, 0.25) is 0 Å². The van der Waals surface area contributed by atoms with Crippen molar-refractivity contribution < 1.29 is 14.3 Å². The van der Waals surface area contributed by atoms with Crippen molar-refractivity contribution in [1.82, 2.24) is 19.7 Å². The van der Waals surface area contributed by atoms with Crippen LogP contribution in [0, 0.1) is 0 Å². The number of hydrogen-bond acceptors (Lipinski definition) is 5. The summed E-state index contributed by atoms with van der Waals surface area (Å²) in [4.78, 5) is 28.6. The van der Waals surface area contributed by atoms with Gasteiger partial charge in [-0.3, -0.25) is 9.48 Å². The number of aromatic nitrogens is 3. The lowest BCUT2D eigenvalue weighted by Gasteiger charge is -2.26. The summed E-state index contributed by atoms with van der Waals surface area (Å²) in [5, 5.41) is 8.56. The molecule has 0 aliphatic carbocycles. The van der Waals surface area contributed by atoms with Gasteiger partial charge < -0.3 is 19.5 Å². The van der Waals surface area contributed by atoms with E-state index in [0.717, 1.165) is 33.0 Å². The van der Waals surface area contributed by atoms with E-state index in [1.165, 1.54) is 5.56 Å². The van der Waals surface area contributed by atoms with Crippen molar-refractivity contribution in [2.45, 2.75) is 25.6 Å². The van der Waals surface area contributed by atoms with E-state index in [2.05, 4.69) is 55.5 Å². The summed E-state index contributed by atoms with van der Waals surface area (Å²) in [6.07, 6.45) is 4.54. The predicted octanol–water partition coefficient (Wildman–Crippen LogP) is 5.36. The predicted molar refractivity (Wildman–Crippen MR) is 162 cm³/mol. The molecule has 0 spiro atoms. The molecule has 9 heteroatoms. The van der Waals surface area contributed by atoms with Crippen molar-refractivity contribution in [3.05, 3.63) is 118 Å². The SMILES string of the molecule is Cn1cc(C(=O)OC[C@H]2CN(Cc3ccc(Br)cc3)c3cn(CCc4ccccc4)nc3C(=O)N2)c2ccccc21. The Morgan fingerprint density at radius 3 is 2.56 bits per heavy atom. The summed E-state index contributed by atoms with van der Waals surface area (Å²) in [5.74, 6) is -0.688. The molecular formula is C32H30BrN5O3. The van der Waals surface area contributed by atoms with Crippen LogP contribution in [-0.4, -0.2) is 45.4 Å². The number of carbonyl (C=O) groups excluding carboxylic acids is 2. The van der Waals surface area contributed by atoms with E-state index >= 15 is 0 Å². The second-order valence-corrected chi connectivity index (χ2v) is 11.2. The summed E-state index contributed by atoms with van der Waals surface area (Å²) in [6.45, 7) is 1.74. The van der Waals surface area contributed by atoms with E-state index in [1.807, 2.05) is 77.1 Å². The van der Waals surface area contributed by atoms with Gasteiger partial charge in [0.05, 0.1) is 17.3 Å². The monoisotopic (exact) mass is 611 g/mol. The van der Waals surface area contributed by atoms with Crippen molar-refractivity contribution in [2.75, 3.05) is 18.1 Å². The van der Waals surface area contributed by atoms with E-state index in [0.29, 0.717) is 30.9 Å². The number of benzene rings is 3. The molecule has 1 atom stereocenters. The summed E-state index contributed by atoms with van der Waals surface area (Å²) in [7, 11) is 1.90. The fourth-order valence-corrected chi connectivity index (χ4v) is 5.55. The van der Waals surface area contributed by atoms with Gasteiger partial charge in [-0.2, -0.15) is 5.10 Å². The number of carbonyl (C=O) groups is 2. The molecule has 2 aromatic heterocycles. The van der Waals surface area contributed by atoms with Crippen LogP contribution in [0.5, 0.6) is 0 Å². The summed E-state index contributed by atoms with van der Waals surface area (Å²) in [5.41, 5.74) is 4.91. The summed E-state index contributed by atoms with van der Waals surface area (Å²) >= 11 is 3.50. The largest absolute Gasteiger partial charge is 0.460 e. The van der Waals surface area contributed by atoms with Crippen LogP contribution >= 0.6 is 15.9 Å². The molecule has 8 nitrogen and oxygen atoms in total. The molecule has 3 heterocycles. The lowest BCUT2D eigenvalue weighted by molar-refractivity contribution is 0.0462. The van der Waals surface area contributed by atoms with E-state index in [9.17, 15) is 9.59 Å². The van der Waals surface area contributed by atoms with Gasteiger partial charge in [-0.05, 0) is 35.7 Å². The Balaban J connectivity index is 1.22. The van der Waals surface area contributed by atoms with Gasteiger partial charge in [-0.15, -0.1) is 0 Å². The first-order valence-electron chi connectivity index (χ1n) is 13.6. The Kier molecular flexibility index (Phi) is 7.61. The number of anilines is 1. The first-order valence-corrected chi connectivity index (χ1v) is 14.4. The van der Waals surface area contributed by atoms with Crippen molar-refractivity contribution in [3.63, 3.8) is 0 Å². The number of amides is 1. The van der Waals surface area contributed by atoms with Gasteiger partial charge >= 0.3 is 5.97 Å². The van der Waals surface area contributed by atoms with E-state index in [1.54, 1.807) is 6.20 Å². The molecule has 41 heavy (non-hydrogen) atoms. The second-order valence-electron chi connectivity index (χ2n) is 10.3. The number of rotatable bonds is 8. The number of aryl methyl sites for hydroxylation is 3. The molecular weight excluding hydrogens is 582 g/mol. The van der Waals surface area contributed by atoms with Crippen LogP contribution in [-0.2, 0) is 31.3 Å². The number of nitrogens with zero attached hydrogens (tertiary/aromatic N) is 4. The summed E-state index contributed by atoms with van der Waals surface area (Å²) in [6, 6.07) is 25.6. The lowest BCUT2D eigenvalue weighted by Crippen LogP contribution is -2.44. The van der Waals surface area contributed by atoms with Gasteiger partial charge in [-0.25, -0.2) is 4.79 Å². The molecule has 0 saturated heterocycles. The second kappa shape index (κ2) is 11.6. The van der Waals surface area contributed by atoms with E-state index in [-0.39, 0.29) is 12.5 Å². The highest BCUT2D eigenvalue weighted by molar-refractivity contribution is 9.10. The number of halogens is 1. The molecule has 1 N–H and O–H groups in total. The van der Waals surface area contributed by atoms with Crippen molar-refractivity contribution in [1.29, 1.82) is 0 Å². The average molecular weight is 613 g/mol. The zero-order valence-corrected chi connectivity index (χ0v) is 24.3. The van der Waals surface area contributed by atoms with Gasteiger partial charge in [0.25, 0.3) is 5.91 Å². The van der Waals surface area contributed by atoms with Crippen molar-refractivity contribution in [3.8, 4) is 0 Å². The van der Waals surface area contributed by atoms with Crippen LogP contribution in [0.2, 0.25) is 0 Å². The quantitative estimate of drug-likeness (QED) is 0.239. The van der Waals surface area contributed by atoms with Gasteiger partial charge in [0.15, 0.2) is 5.69 Å². The Morgan fingerprint density at radius 2 is 1.76 bits per heavy atom. The third kappa shape index (κ3) is 5.90. The number of para-hydroxylation sites is 1. The molecule has 0 saturated carbocycles. The molecule has 5 aromatic rings. The number of esters is 1. The standard InChI is InChI=1S/C32H30BrN5O3/c1-36-19-27(26-9-5-6-10-28(26)36)32(40)41-21-25-18-37(17-23-11-13-24(33)14-12-23)29-20-38(35-30(29)31(39)34-25)16-15-22-7-3-2-4-8-22/h2-14,19-20,25H,15-18,21H2,1H3,(H,34,39)/t25-/m1/s1. The van der Waals surface area contributed by atoms with Crippen LogP contribution in [0.15, 0.2) is 95.7 Å². The normalized spacial score (nSPS) is 14.9. The molecule has 0 bridgehead atoms. The van der Waals surface area contributed by atoms with E-state index < -0.39 is 12.0 Å². The number of nitrogens with one attached hydrogen (secondary N) is 1. The molecule has 0 radical (unpaired) electrons. The van der Waals surface area contributed by atoms with Crippen LogP contribution in [0.3, 0.4) is 0 Å². The molecule has 0 fully saturated rings. The minimum Gasteiger partial charge on any atom is -0.460 e. The Morgan fingerprint density at radius 1 is 1.00 bits per heavy atom. The van der Waals surface area contributed by atoms with Crippen LogP contribution in [0.4, 0.5) is 5.69 Å². The highest BCUT2D eigenvalue weighted by atomic mass is 79.9. The Labute approximate surface area is 246 Å². The van der Waals surface area contributed by atoms with Gasteiger partial charge in [-0.1, -0.05) is 76.6 Å². The molecule has 6 rings (SSSR count). The Bertz CT molecular complexity index is 1690. The molecule has 1 aliphatic rings. The highest BCUT2D eigenvalue weighted by Gasteiger charge is 2.31. The van der Waals surface area contributed by atoms with Crippen molar-refractivity contribution >= 4 is 44.4 Å². The molecule has 0 unspecified atom stereocenters. The maximum atomic E-state index is 13.4. The molecule has 1 amide bonds. The fraction of sp³-hybridized carbons (Fsp3) is 0.219. The van der Waals surface area contributed by atoms with E-state index in [4.69, 9.17) is 4.74 Å². The zero-order valence-electron chi connectivity index (χ0n) is 22.7. The minimum atomic E-state index is -0.413. The number of hydrogen-bond donors (Lipinski definition) is 1. The van der Waals surface area contributed by atoms with Gasteiger partial charge in [0, 0.05) is 54.5 Å². The minimum absolute atomic E-state index is 0.0446. The molecule has 1 aliphatic heterocycles. The highest BCUT2D eigenvalue weighted by Crippen LogP contribution is 2.26. The number of fused-ring (bicyclic) bond motifs is 2. The van der Waals surface area contributed by atoms with Crippen molar-refractivity contribution in [2.24, 2.45) is 7.05 Å². The zero-order chi connectivity index (χ0) is 28.3. The topological polar surface area (TPSA) is 81.4 Å². The molecule has 3 aromatic carbocycles. The third-order valence-electron chi connectivity index (χ3n) is 7.37. The van der Waals surface area contributed by atoms with Gasteiger partial charge in [0.1, 0.15) is 6.61 Å².